The minimum Gasteiger partial charge on any atom is -0.337 e. The average Bonchev–Trinajstić information content (AvgIpc) is 2.85. The van der Waals surface area contributed by atoms with Crippen molar-refractivity contribution in [3.63, 3.8) is 0 Å². The predicted molar refractivity (Wildman–Crippen MR) is 86.1 cm³/mol. The number of hydrogen-bond donors (Lipinski definition) is 1. The second-order valence-electron chi connectivity index (χ2n) is 7.39. The molecule has 4 nitrogen and oxygen atoms in total. The van der Waals surface area contributed by atoms with E-state index in [0.29, 0.717) is 17.5 Å². The maximum absolute atomic E-state index is 4.54. The van der Waals surface area contributed by atoms with Crippen LogP contribution in [0.15, 0.2) is 12.4 Å². The van der Waals surface area contributed by atoms with Crippen LogP contribution in [0.1, 0.15) is 51.8 Å². The highest BCUT2D eigenvalue weighted by Gasteiger charge is 2.40. The van der Waals surface area contributed by atoms with Gasteiger partial charge in [0.05, 0.1) is 6.54 Å². The van der Waals surface area contributed by atoms with Crippen molar-refractivity contribution in [3.8, 4) is 0 Å². The predicted octanol–water partition coefficient (Wildman–Crippen LogP) is 2.55. The van der Waals surface area contributed by atoms with Crippen LogP contribution in [0.3, 0.4) is 0 Å². The molecule has 1 spiro atoms. The van der Waals surface area contributed by atoms with Crippen LogP contribution in [0.2, 0.25) is 0 Å². The Morgan fingerprint density at radius 2 is 2.10 bits per heavy atom. The van der Waals surface area contributed by atoms with Crippen molar-refractivity contribution in [2.24, 2.45) is 13.0 Å². The highest BCUT2D eigenvalue weighted by Crippen LogP contribution is 2.33. The first kappa shape index (κ1) is 15.0. The summed E-state index contributed by atoms with van der Waals surface area (Å²) in [6.45, 7) is 7.98. The molecule has 118 valence electrons. The molecule has 1 aliphatic carbocycles. The highest BCUT2D eigenvalue weighted by atomic mass is 15.3. The minimum absolute atomic E-state index is 0.370. The van der Waals surface area contributed by atoms with Crippen molar-refractivity contribution in [3.05, 3.63) is 18.2 Å². The molecule has 3 rings (SSSR count). The van der Waals surface area contributed by atoms with Crippen molar-refractivity contribution in [2.45, 2.75) is 64.1 Å². The van der Waals surface area contributed by atoms with E-state index in [4.69, 9.17) is 0 Å². The quantitative estimate of drug-likeness (QED) is 0.929. The second-order valence-corrected chi connectivity index (χ2v) is 7.39. The van der Waals surface area contributed by atoms with Gasteiger partial charge in [0.15, 0.2) is 0 Å². The van der Waals surface area contributed by atoms with E-state index in [1.807, 2.05) is 6.20 Å². The van der Waals surface area contributed by atoms with Crippen LogP contribution in [-0.4, -0.2) is 39.1 Å². The lowest BCUT2D eigenvalue weighted by Gasteiger charge is -2.50. The van der Waals surface area contributed by atoms with E-state index in [1.54, 1.807) is 0 Å². The lowest BCUT2D eigenvalue weighted by molar-refractivity contribution is 0.0287. The molecule has 2 fully saturated rings. The normalized spacial score (nSPS) is 26.6. The maximum atomic E-state index is 4.54. The summed E-state index contributed by atoms with van der Waals surface area (Å²) in [4.78, 5) is 7.23. The SMILES string of the molecule is CC(C)C1CNC2(CCCCC2)CN1Cc1nccn1C. The Labute approximate surface area is 128 Å². The van der Waals surface area contributed by atoms with Crippen molar-refractivity contribution < 1.29 is 0 Å². The number of hydrogen-bond acceptors (Lipinski definition) is 3. The highest BCUT2D eigenvalue weighted by molar-refractivity contribution is 5.02. The van der Waals surface area contributed by atoms with Gasteiger partial charge in [0.25, 0.3) is 0 Å². The zero-order chi connectivity index (χ0) is 14.9. The Bertz CT molecular complexity index is 459. The van der Waals surface area contributed by atoms with Gasteiger partial charge in [-0.25, -0.2) is 4.98 Å². The molecule has 1 unspecified atom stereocenters. The Morgan fingerprint density at radius 3 is 2.71 bits per heavy atom. The molecule has 1 aliphatic heterocycles. The van der Waals surface area contributed by atoms with Gasteiger partial charge in [-0.2, -0.15) is 0 Å². The number of nitrogens with zero attached hydrogens (tertiary/aromatic N) is 3. The molecule has 0 radical (unpaired) electrons. The maximum Gasteiger partial charge on any atom is 0.122 e. The van der Waals surface area contributed by atoms with Crippen molar-refractivity contribution >= 4 is 0 Å². The molecular formula is C17H30N4. The van der Waals surface area contributed by atoms with E-state index in [0.717, 1.165) is 13.1 Å². The van der Waals surface area contributed by atoms with Crippen LogP contribution < -0.4 is 5.32 Å². The third kappa shape index (κ3) is 3.16. The molecule has 1 aromatic rings. The van der Waals surface area contributed by atoms with E-state index < -0.39 is 0 Å². The summed E-state index contributed by atoms with van der Waals surface area (Å²) in [6, 6.07) is 0.620. The van der Waals surface area contributed by atoms with Gasteiger partial charge in [-0.05, 0) is 18.8 Å². The van der Waals surface area contributed by atoms with Crippen molar-refractivity contribution in [2.75, 3.05) is 13.1 Å². The molecule has 0 aromatic carbocycles. The van der Waals surface area contributed by atoms with Crippen molar-refractivity contribution in [1.29, 1.82) is 0 Å². The molecule has 1 N–H and O–H groups in total. The summed E-state index contributed by atoms with van der Waals surface area (Å²) in [5, 5.41) is 3.92. The molecule has 2 aliphatic rings. The lowest BCUT2D eigenvalue weighted by Crippen LogP contribution is -2.65. The van der Waals surface area contributed by atoms with Crippen LogP contribution in [0, 0.1) is 5.92 Å². The molecule has 2 heterocycles. The van der Waals surface area contributed by atoms with Gasteiger partial charge in [-0.1, -0.05) is 33.1 Å². The fourth-order valence-corrected chi connectivity index (χ4v) is 4.14. The number of aromatic nitrogens is 2. The number of piperazine rings is 1. The Kier molecular flexibility index (Phi) is 4.36. The first-order valence-corrected chi connectivity index (χ1v) is 8.55. The number of rotatable bonds is 3. The Balaban J connectivity index is 1.76. The standard InChI is InChI=1S/C17H30N4/c1-14(2)15-11-19-17(7-5-4-6-8-17)13-21(15)12-16-18-9-10-20(16)3/h9-10,14-15,19H,4-8,11-13H2,1-3H3. The zero-order valence-electron chi connectivity index (χ0n) is 13.8. The molecular weight excluding hydrogens is 260 g/mol. The van der Waals surface area contributed by atoms with Gasteiger partial charge in [-0.15, -0.1) is 0 Å². The van der Waals surface area contributed by atoms with Crippen LogP contribution in [0.5, 0.6) is 0 Å². The molecule has 1 saturated heterocycles. The van der Waals surface area contributed by atoms with Crippen LogP contribution in [-0.2, 0) is 13.6 Å². The summed E-state index contributed by atoms with van der Waals surface area (Å²) in [6.07, 6.45) is 10.8. The summed E-state index contributed by atoms with van der Waals surface area (Å²) in [7, 11) is 2.10. The van der Waals surface area contributed by atoms with E-state index >= 15 is 0 Å². The van der Waals surface area contributed by atoms with Crippen LogP contribution in [0.25, 0.3) is 0 Å². The van der Waals surface area contributed by atoms with E-state index in [2.05, 4.69) is 46.9 Å². The monoisotopic (exact) mass is 290 g/mol. The second kappa shape index (κ2) is 6.09. The zero-order valence-corrected chi connectivity index (χ0v) is 13.8. The molecule has 4 heteroatoms. The molecule has 1 saturated carbocycles. The van der Waals surface area contributed by atoms with E-state index in [-0.39, 0.29) is 0 Å². The first-order valence-electron chi connectivity index (χ1n) is 8.55. The smallest absolute Gasteiger partial charge is 0.122 e. The first-order chi connectivity index (χ1) is 10.1. The Morgan fingerprint density at radius 1 is 1.33 bits per heavy atom. The fraction of sp³-hybridized carbons (Fsp3) is 0.824. The summed E-state index contributed by atoms with van der Waals surface area (Å²) >= 11 is 0. The Hall–Kier alpha value is -0.870. The molecule has 21 heavy (non-hydrogen) atoms. The number of imidazole rings is 1. The van der Waals surface area contributed by atoms with Gasteiger partial charge < -0.3 is 9.88 Å². The third-order valence-corrected chi connectivity index (χ3v) is 5.51. The summed E-state index contributed by atoms with van der Waals surface area (Å²) < 4.78 is 2.16. The van der Waals surface area contributed by atoms with Gasteiger partial charge >= 0.3 is 0 Å². The van der Waals surface area contributed by atoms with Gasteiger partial charge in [0.2, 0.25) is 0 Å². The molecule has 0 amide bonds. The van der Waals surface area contributed by atoms with Crippen molar-refractivity contribution in [1.82, 2.24) is 19.8 Å². The summed E-state index contributed by atoms with van der Waals surface area (Å²) in [5.41, 5.74) is 0.370. The fourth-order valence-electron chi connectivity index (χ4n) is 4.14. The molecule has 1 atom stereocenters. The van der Waals surface area contributed by atoms with Gasteiger partial charge in [0.1, 0.15) is 5.82 Å². The third-order valence-electron chi connectivity index (χ3n) is 5.51. The largest absolute Gasteiger partial charge is 0.337 e. The van der Waals surface area contributed by atoms with E-state index in [9.17, 15) is 0 Å². The van der Waals surface area contributed by atoms with E-state index in [1.165, 1.54) is 44.5 Å². The van der Waals surface area contributed by atoms with Crippen LogP contribution in [0.4, 0.5) is 0 Å². The van der Waals surface area contributed by atoms with Gasteiger partial charge in [0, 0.05) is 44.1 Å². The van der Waals surface area contributed by atoms with Gasteiger partial charge in [-0.3, -0.25) is 4.90 Å². The summed E-state index contributed by atoms with van der Waals surface area (Å²) in [5.74, 6) is 1.87. The molecule has 0 bridgehead atoms. The average molecular weight is 290 g/mol. The molecule has 1 aromatic heterocycles. The lowest BCUT2D eigenvalue weighted by atomic mass is 9.78. The topological polar surface area (TPSA) is 33.1 Å². The number of nitrogens with one attached hydrogen (secondary N) is 1. The minimum atomic E-state index is 0.370. The number of aryl methyl sites for hydroxylation is 1. The van der Waals surface area contributed by atoms with Crippen LogP contribution >= 0.6 is 0 Å².